The first kappa shape index (κ1) is 16.0. The summed E-state index contributed by atoms with van der Waals surface area (Å²) in [5.74, 6) is -0.850. The fourth-order valence-corrected chi connectivity index (χ4v) is 3.00. The highest BCUT2D eigenvalue weighted by atomic mass is 32.2. The van der Waals surface area contributed by atoms with Gasteiger partial charge in [-0.2, -0.15) is 0 Å². The van der Waals surface area contributed by atoms with Gasteiger partial charge in [0.15, 0.2) is 0 Å². The van der Waals surface area contributed by atoms with Crippen LogP contribution in [0.5, 0.6) is 0 Å². The van der Waals surface area contributed by atoms with E-state index in [1.807, 2.05) is 0 Å². The molecule has 108 valence electrons. The zero-order chi connectivity index (χ0) is 14.5. The van der Waals surface area contributed by atoms with Crippen molar-refractivity contribution >= 4 is 10.0 Å². The third kappa shape index (κ3) is 4.24. The van der Waals surface area contributed by atoms with Crippen LogP contribution in [0.25, 0.3) is 0 Å². The molecule has 1 rings (SSSR count). The predicted octanol–water partition coefficient (Wildman–Crippen LogP) is 1.02. The molecule has 0 spiro atoms. The van der Waals surface area contributed by atoms with Gasteiger partial charge in [-0.25, -0.2) is 17.5 Å². The maximum absolute atomic E-state index is 13.6. The molecule has 2 N–H and O–H groups in total. The maximum Gasteiger partial charge on any atom is 0.243 e. The van der Waals surface area contributed by atoms with E-state index in [2.05, 4.69) is 4.72 Å². The topological polar surface area (TPSA) is 75.6 Å². The number of aliphatic hydroxyl groups excluding tert-OH is 1. The van der Waals surface area contributed by atoms with E-state index in [0.29, 0.717) is 12.0 Å². The van der Waals surface area contributed by atoms with Crippen LogP contribution >= 0.6 is 0 Å². The Balaban J connectivity index is 3.05. The van der Waals surface area contributed by atoms with Gasteiger partial charge in [-0.15, -0.1) is 0 Å². The molecule has 1 aromatic rings. The third-order valence-corrected chi connectivity index (χ3v) is 4.19. The molecular formula is C12H18FNO4S. The summed E-state index contributed by atoms with van der Waals surface area (Å²) in [6.45, 7) is 1.65. The first-order valence-corrected chi connectivity index (χ1v) is 7.33. The van der Waals surface area contributed by atoms with Crippen molar-refractivity contribution in [2.24, 2.45) is 0 Å². The molecule has 0 saturated heterocycles. The second-order valence-corrected chi connectivity index (χ2v) is 5.79. The fraction of sp³-hybridized carbons (Fsp3) is 0.500. The minimum atomic E-state index is -3.97. The second-order valence-electron chi connectivity index (χ2n) is 4.10. The summed E-state index contributed by atoms with van der Waals surface area (Å²) >= 11 is 0. The highest BCUT2D eigenvalue weighted by molar-refractivity contribution is 7.89. The van der Waals surface area contributed by atoms with E-state index in [9.17, 15) is 12.8 Å². The summed E-state index contributed by atoms with van der Waals surface area (Å²) in [6, 6.07) is 3.06. The van der Waals surface area contributed by atoms with Crippen molar-refractivity contribution in [1.82, 2.24) is 4.72 Å². The van der Waals surface area contributed by atoms with Crippen molar-refractivity contribution in [3.8, 4) is 0 Å². The molecule has 0 aliphatic rings. The summed E-state index contributed by atoms with van der Waals surface area (Å²) in [6.07, 6.45) is 0.522. The molecule has 0 saturated carbocycles. The number of halogens is 1. The van der Waals surface area contributed by atoms with Crippen molar-refractivity contribution in [3.63, 3.8) is 0 Å². The molecule has 1 atom stereocenters. The van der Waals surface area contributed by atoms with Gasteiger partial charge in [0.25, 0.3) is 0 Å². The van der Waals surface area contributed by atoms with Crippen LogP contribution in [-0.2, 0) is 21.4 Å². The molecule has 0 aliphatic heterocycles. The zero-order valence-electron chi connectivity index (χ0n) is 10.9. The molecular weight excluding hydrogens is 273 g/mol. The molecule has 1 unspecified atom stereocenters. The van der Waals surface area contributed by atoms with Crippen LogP contribution in [0.15, 0.2) is 23.1 Å². The highest BCUT2D eigenvalue weighted by Crippen LogP contribution is 2.17. The Kier molecular flexibility index (Phi) is 5.86. The lowest BCUT2D eigenvalue weighted by Crippen LogP contribution is -2.37. The number of rotatable bonds is 7. The fourth-order valence-electron chi connectivity index (χ4n) is 1.57. The molecule has 0 radical (unpaired) electrons. The van der Waals surface area contributed by atoms with E-state index in [0.717, 1.165) is 12.1 Å². The standard InChI is InChI=1S/C12H18FNO4S/c1-3-10(8-18-2)14-19(16,17)12-6-9(7-15)4-5-11(12)13/h4-6,10,14-15H,3,7-8H2,1-2H3. The van der Waals surface area contributed by atoms with E-state index in [1.54, 1.807) is 6.92 Å². The van der Waals surface area contributed by atoms with Gasteiger partial charge in [-0.1, -0.05) is 13.0 Å². The second kappa shape index (κ2) is 6.95. The first-order valence-electron chi connectivity index (χ1n) is 5.85. The van der Waals surface area contributed by atoms with Crippen molar-refractivity contribution in [3.05, 3.63) is 29.6 Å². The Bertz CT molecular complexity index is 518. The molecule has 0 amide bonds. The number of hydrogen-bond acceptors (Lipinski definition) is 4. The average molecular weight is 291 g/mol. The monoisotopic (exact) mass is 291 g/mol. The van der Waals surface area contributed by atoms with E-state index >= 15 is 0 Å². The van der Waals surface area contributed by atoms with Crippen LogP contribution in [0.2, 0.25) is 0 Å². The number of hydrogen-bond donors (Lipinski definition) is 2. The quantitative estimate of drug-likeness (QED) is 0.786. The van der Waals surface area contributed by atoms with E-state index in [-0.39, 0.29) is 13.2 Å². The predicted molar refractivity (Wildman–Crippen MR) is 68.6 cm³/mol. The van der Waals surface area contributed by atoms with E-state index < -0.39 is 26.8 Å². The van der Waals surface area contributed by atoms with Crippen molar-refractivity contribution in [1.29, 1.82) is 0 Å². The highest BCUT2D eigenvalue weighted by Gasteiger charge is 2.22. The van der Waals surface area contributed by atoms with E-state index in [4.69, 9.17) is 9.84 Å². The summed E-state index contributed by atoms with van der Waals surface area (Å²) in [5.41, 5.74) is 0.335. The lowest BCUT2D eigenvalue weighted by Gasteiger charge is -2.16. The Morgan fingerprint density at radius 2 is 2.16 bits per heavy atom. The van der Waals surface area contributed by atoms with Crippen LogP contribution in [0.1, 0.15) is 18.9 Å². The molecule has 0 heterocycles. The third-order valence-electron chi connectivity index (χ3n) is 2.65. The van der Waals surface area contributed by atoms with Crippen LogP contribution in [0, 0.1) is 5.82 Å². The van der Waals surface area contributed by atoms with Gasteiger partial charge in [0.05, 0.1) is 13.2 Å². The molecule has 0 bridgehead atoms. The Morgan fingerprint density at radius 1 is 1.47 bits per heavy atom. The van der Waals surface area contributed by atoms with Crippen LogP contribution in [0.4, 0.5) is 4.39 Å². The zero-order valence-corrected chi connectivity index (χ0v) is 11.7. The number of nitrogens with one attached hydrogen (secondary N) is 1. The van der Waals surface area contributed by atoms with Crippen molar-refractivity contribution in [2.45, 2.75) is 30.9 Å². The first-order chi connectivity index (χ1) is 8.94. The van der Waals surface area contributed by atoms with Crippen molar-refractivity contribution < 1.29 is 22.7 Å². The number of benzene rings is 1. The van der Waals surface area contributed by atoms with Crippen molar-refractivity contribution in [2.75, 3.05) is 13.7 Å². The molecule has 0 aromatic heterocycles. The lowest BCUT2D eigenvalue weighted by atomic mass is 10.2. The molecule has 19 heavy (non-hydrogen) atoms. The summed E-state index contributed by atoms with van der Waals surface area (Å²) < 4.78 is 45.0. The molecule has 5 nitrogen and oxygen atoms in total. The summed E-state index contributed by atoms with van der Waals surface area (Å²) in [4.78, 5) is -0.464. The van der Waals surface area contributed by atoms with Gasteiger partial charge in [0.1, 0.15) is 10.7 Å². The molecule has 1 aromatic carbocycles. The number of ether oxygens (including phenoxy) is 1. The number of methoxy groups -OCH3 is 1. The number of sulfonamides is 1. The van der Waals surface area contributed by atoms with Gasteiger partial charge in [-0.05, 0) is 24.1 Å². The summed E-state index contributed by atoms with van der Waals surface area (Å²) in [7, 11) is -2.51. The Labute approximate surface area is 112 Å². The lowest BCUT2D eigenvalue weighted by molar-refractivity contribution is 0.173. The van der Waals surface area contributed by atoms with Crippen LogP contribution in [-0.4, -0.2) is 33.3 Å². The Hall–Kier alpha value is -1.02. The van der Waals surface area contributed by atoms with Gasteiger partial charge < -0.3 is 9.84 Å². The van der Waals surface area contributed by atoms with Gasteiger partial charge in [-0.3, -0.25) is 0 Å². The van der Waals surface area contributed by atoms with Crippen LogP contribution in [0.3, 0.4) is 0 Å². The number of aliphatic hydroxyl groups is 1. The largest absolute Gasteiger partial charge is 0.392 e. The Morgan fingerprint density at radius 3 is 2.68 bits per heavy atom. The molecule has 0 fully saturated rings. The minimum Gasteiger partial charge on any atom is -0.392 e. The molecule has 0 aliphatic carbocycles. The van der Waals surface area contributed by atoms with Crippen LogP contribution < -0.4 is 4.72 Å². The molecule has 7 heteroatoms. The van der Waals surface area contributed by atoms with Gasteiger partial charge in [0, 0.05) is 13.2 Å². The normalized spacial score (nSPS) is 13.5. The minimum absolute atomic E-state index is 0.205. The van der Waals surface area contributed by atoms with Gasteiger partial charge >= 0.3 is 0 Å². The van der Waals surface area contributed by atoms with E-state index in [1.165, 1.54) is 13.2 Å². The summed E-state index contributed by atoms with van der Waals surface area (Å²) in [5, 5.41) is 8.97. The SMILES string of the molecule is CCC(COC)NS(=O)(=O)c1cc(CO)ccc1F. The smallest absolute Gasteiger partial charge is 0.243 e. The average Bonchev–Trinajstić information content (AvgIpc) is 2.38. The maximum atomic E-state index is 13.6. The van der Waals surface area contributed by atoms with Gasteiger partial charge in [0.2, 0.25) is 10.0 Å².